The number of thiophene rings is 1. The Kier molecular flexibility index (Phi) is 7.18. The molecular weight excluding hydrogens is 329 g/mol. The van der Waals surface area contributed by atoms with E-state index < -0.39 is 6.04 Å². The molecule has 0 bridgehead atoms. The van der Waals surface area contributed by atoms with Crippen LogP contribution in [-0.2, 0) is 9.53 Å². The molecule has 0 spiro atoms. The van der Waals surface area contributed by atoms with Gasteiger partial charge in [0, 0.05) is 15.9 Å². The van der Waals surface area contributed by atoms with E-state index >= 15 is 0 Å². The maximum atomic E-state index is 12.0. The van der Waals surface area contributed by atoms with Gasteiger partial charge in [-0.1, -0.05) is 35.9 Å². The number of nitrogens with one attached hydrogen (secondary N) is 1. The van der Waals surface area contributed by atoms with Gasteiger partial charge in [0.05, 0.1) is 7.11 Å². The molecule has 1 heterocycles. The van der Waals surface area contributed by atoms with Crippen molar-refractivity contribution in [1.82, 2.24) is 5.32 Å². The van der Waals surface area contributed by atoms with Crippen molar-refractivity contribution >= 4 is 41.3 Å². The molecule has 1 aromatic carbocycles. The summed E-state index contributed by atoms with van der Waals surface area (Å²) in [6, 6.07) is 10.8. The molecule has 0 amide bonds. The maximum absolute atomic E-state index is 12.0. The average Bonchev–Trinajstić information content (AvgIpc) is 2.99. The van der Waals surface area contributed by atoms with E-state index in [-0.39, 0.29) is 24.4 Å². The van der Waals surface area contributed by atoms with Crippen LogP contribution < -0.4 is 5.32 Å². The fraction of sp³-hybridized carbons (Fsp3) is 0.267. The van der Waals surface area contributed by atoms with Crippen molar-refractivity contribution in [3.63, 3.8) is 0 Å². The van der Waals surface area contributed by atoms with Gasteiger partial charge in [-0.3, -0.25) is 5.32 Å². The van der Waals surface area contributed by atoms with E-state index in [0.717, 1.165) is 10.4 Å². The minimum absolute atomic E-state index is 0. The summed E-state index contributed by atoms with van der Waals surface area (Å²) in [5.74, 6) is -0.346. The number of halogens is 2. The molecule has 0 saturated heterocycles. The van der Waals surface area contributed by atoms with Crippen LogP contribution >= 0.6 is 35.3 Å². The highest BCUT2D eigenvalue weighted by Gasteiger charge is 2.25. The molecule has 6 heteroatoms. The molecule has 0 aliphatic rings. The minimum atomic E-state index is -0.578. The molecule has 2 aromatic rings. The van der Waals surface area contributed by atoms with Gasteiger partial charge in [-0.2, -0.15) is 0 Å². The Bertz CT molecular complexity index is 575. The monoisotopic (exact) mass is 345 g/mol. The second kappa shape index (κ2) is 8.39. The Morgan fingerprint density at radius 3 is 2.57 bits per heavy atom. The Morgan fingerprint density at radius 1 is 1.29 bits per heavy atom. The standard InChI is InChI=1S/C15H16ClNO2S.ClH/c1-10(13-8-5-9-20-13)17-14(15(18)19-2)11-6-3-4-7-12(11)16;/h3-10,14,17H,1-2H3;1H. The van der Waals surface area contributed by atoms with Gasteiger partial charge in [0.1, 0.15) is 6.04 Å². The lowest BCUT2D eigenvalue weighted by molar-refractivity contribution is -0.143. The summed E-state index contributed by atoms with van der Waals surface area (Å²) in [5, 5.41) is 5.84. The molecule has 21 heavy (non-hydrogen) atoms. The van der Waals surface area contributed by atoms with E-state index in [9.17, 15) is 4.79 Å². The number of hydrogen-bond acceptors (Lipinski definition) is 4. The van der Waals surface area contributed by atoms with Gasteiger partial charge in [0.2, 0.25) is 0 Å². The number of hydrogen-bond donors (Lipinski definition) is 1. The molecular formula is C15H17Cl2NO2S. The Balaban J connectivity index is 0.00000220. The largest absolute Gasteiger partial charge is 0.468 e. The summed E-state index contributed by atoms with van der Waals surface area (Å²) in [7, 11) is 1.38. The van der Waals surface area contributed by atoms with Crippen LogP contribution in [-0.4, -0.2) is 13.1 Å². The number of esters is 1. The highest BCUT2D eigenvalue weighted by atomic mass is 35.5. The van der Waals surface area contributed by atoms with Gasteiger partial charge in [0.25, 0.3) is 0 Å². The van der Waals surface area contributed by atoms with Crippen molar-refractivity contribution in [2.24, 2.45) is 0 Å². The van der Waals surface area contributed by atoms with Gasteiger partial charge in [-0.25, -0.2) is 4.79 Å². The SMILES string of the molecule is COC(=O)C(NC(C)c1cccs1)c1ccccc1Cl.Cl. The Labute approximate surface area is 139 Å². The van der Waals surface area contributed by atoms with Crippen LogP contribution in [0.4, 0.5) is 0 Å². The Hall–Kier alpha value is -1.07. The van der Waals surface area contributed by atoms with E-state index in [1.165, 1.54) is 7.11 Å². The van der Waals surface area contributed by atoms with Crippen LogP contribution in [0.5, 0.6) is 0 Å². The van der Waals surface area contributed by atoms with Crippen molar-refractivity contribution in [3.05, 3.63) is 57.2 Å². The van der Waals surface area contributed by atoms with Gasteiger partial charge in [0.15, 0.2) is 0 Å². The quantitative estimate of drug-likeness (QED) is 0.816. The van der Waals surface area contributed by atoms with Crippen molar-refractivity contribution < 1.29 is 9.53 Å². The first-order valence-electron chi connectivity index (χ1n) is 6.25. The summed E-state index contributed by atoms with van der Waals surface area (Å²) in [6.07, 6.45) is 0. The third-order valence-corrected chi connectivity index (χ3v) is 4.44. The number of carbonyl (C=O) groups is 1. The molecule has 0 saturated carbocycles. The van der Waals surface area contributed by atoms with Crippen molar-refractivity contribution in [2.75, 3.05) is 7.11 Å². The first-order chi connectivity index (χ1) is 9.63. The lowest BCUT2D eigenvalue weighted by atomic mass is 10.1. The van der Waals surface area contributed by atoms with Crippen LogP contribution in [0.1, 0.15) is 29.4 Å². The van der Waals surface area contributed by atoms with Gasteiger partial charge < -0.3 is 4.74 Å². The molecule has 1 N–H and O–H groups in total. The van der Waals surface area contributed by atoms with Gasteiger partial charge in [-0.15, -0.1) is 23.7 Å². The zero-order chi connectivity index (χ0) is 14.5. The molecule has 114 valence electrons. The van der Waals surface area contributed by atoms with E-state index in [2.05, 4.69) is 5.32 Å². The molecule has 0 radical (unpaired) electrons. The van der Waals surface area contributed by atoms with Crippen LogP contribution in [0.25, 0.3) is 0 Å². The summed E-state index contributed by atoms with van der Waals surface area (Å²) in [4.78, 5) is 13.2. The first-order valence-corrected chi connectivity index (χ1v) is 7.51. The van der Waals surface area contributed by atoms with Crippen LogP contribution in [0.3, 0.4) is 0 Å². The summed E-state index contributed by atoms with van der Waals surface area (Å²) >= 11 is 7.83. The van der Waals surface area contributed by atoms with Crippen LogP contribution in [0.15, 0.2) is 41.8 Å². The topological polar surface area (TPSA) is 38.3 Å². The van der Waals surface area contributed by atoms with Crippen molar-refractivity contribution in [2.45, 2.75) is 19.0 Å². The second-order valence-corrected chi connectivity index (χ2v) is 5.77. The molecule has 0 aliphatic heterocycles. The number of benzene rings is 1. The smallest absolute Gasteiger partial charge is 0.327 e. The maximum Gasteiger partial charge on any atom is 0.327 e. The third-order valence-electron chi connectivity index (χ3n) is 3.04. The molecule has 2 atom stereocenters. The summed E-state index contributed by atoms with van der Waals surface area (Å²) in [6.45, 7) is 2.01. The molecule has 1 aromatic heterocycles. The predicted molar refractivity (Wildman–Crippen MR) is 89.3 cm³/mol. The van der Waals surface area contributed by atoms with Gasteiger partial charge in [-0.05, 0) is 30.0 Å². The first kappa shape index (κ1) is 18.0. The normalized spacial score (nSPS) is 13.1. The molecule has 0 aliphatic carbocycles. The van der Waals surface area contributed by atoms with Crippen LogP contribution in [0.2, 0.25) is 5.02 Å². The molecule has 2 rings (SSSR count). The van der Waals surface area contributed by atoms with Crippen molar-refractivity contribution in [1.29, 1.82) is 0 Å². The van der Waals surface area contributed by atoms with E-state index in [0.29, 0.717) is 5.02 Å². The number of ether oxygens (including phenoxy) is 1. The summed E-state index contributed by atoms with van der Waals surface area (Å²) < 4.78 is 4.88. The Morgan fingerprint density at radius 2 is 2.00 bits per heavy atom. The van der Waals surface area contributed by atoms with Crippen LogP contribution in [0, 0.1) is 0 Å². The zero-order valence-electron chi connectivity index (χ0n) is 11.7. The number of carbonyl (C=O) groups excluding carboxylic acids is 1. The van der Waals surface area contributed by atoms with E-state index in [1.54, 1.807) is 17.4 Å². The number of rotatable bonds is 5. The summed E-state index contributed by atoms with van der Waals surface area (Å²) in [5.41, 5.74) is 0.726. The minimum Gasteiger partial charge on any atom is -0.468 e. The molecule has 0 fully saturated rings. The molecule has 2 unspecified atom stereocenters. The molecule has 3 nitrogen and oxygen atoms in total. The second-order valence-electron chi connectivity index (χ2n) is 4.38. The fourth-order valence-electron chi connectivity index (χ4n) is 1.98. The lowest BCUT2D eigenvalue weighted by Gasteiger charge is -2.22. The zero-order valence-corrected chi connectivity index (χ0v) is 14.1. The third kappa shape index (κ3) is 4.45. The predicted octanol–water partition coefficient (Wildman–Crippen LogP) is 4.39. The fourth-order valence-corrected chi connectivity index (χ4v) is 2.97. The lowest BCUT2D eigenvalue weighted by Crippen LogP contribution is -2.31. The highest BCUT2D eigenvalue weighted by Crippen LogP contribution is 2.27. The van der Waals surface area contributed by atoms with Crippen molar-refractivity contribution in [3.8, 4) is 0 Å². The van der Waals surface area contributed by atoms with E-state index in [1.807, 2.05) is 42.6 Å². The van der Waals surface area contributed by atoms with Gasteiger partial charge >= 0.3 is 5.97 Å². The number of methoxy groups -OCH3 is 1. The van der Waals surface area contributed by atoms with E-state index in [4.69, 9.17) is 16.3 Å². The highest BCUT2D eigenvalue weighted by molar-refractivity contribution is 7.10. The average molecular weight is 346 g/mol.